The van der Waals surface area contributed by atoms with E-state index in [0.717, 1.165) is 22.4 Å². The highest BCUT2D eigenvalue weighted by molar-refractivity contribution is 6.30. The van der Waals surface area contributed by atoms with E-state index in [0.29, 0.717) is 5.02 Å². The minimum absolute atomic E-state index is 0.118. The van der Waals surface area contributed by atoms with E-state index in [1.807, 2.05) is 63.2 Å². The Hall–Kier alpha value is -2.00. The van der Waals surface area contributed by atoms with Crippen LogP contribution in [0.15, 0.2) is 42.5 Å². The summed E-state index contributed by atoms with van der Waals surface area (Å²) in [4.78, 5) is 12.1. The molecule has 2 aromatic rings. The van der Waals surface area contributed by atoms with E-state index in [4.69, 9.17) is 11.6 Å². The van der Waals surface area contributed by atoms with Gasteiger partial charge in [-0.25, -0.2) is 4.79 Å². The molecule has 3 nitrogen and oxygen atoms in total. The van der Waals surface area contributed by atoms with Gasteiger partial charge in [-0.15, -0.1) is 0 Å². The van der Waals surface area contributed by atoms with Gasteiger partial charge in [-0.1, -0.05) is 41.9 Å². The molecule has 0 spiro atoms. The zero-order valence-corrected chi connectivity index (χ0v) is 13.2. The topological polar surface area (TPSA) is 41.1 Å². The molecule has 0 bridgehead atoms. The van der Waals surface area contributed by atoms with Crippen LogP contribution in [-0.2, 0) is 0 Å². The number of aryl methyl sites for hydroxylation is 2. The Bertz CT molecular complexity index is 635. The van der Waals surface area contributed by atoms with Crippen molar-refractivity contribution >= 4 is 23.3 Å². The van der Waals surface area contributed by atoms with Gasteiger partial charge >= 0.3 is 6.03 Å². The van der Waals surface area contributed by atoms with E-state index >= 15 is 0 Å². The SMILES string of the molecule is Cc1cccc(C)c1NC(=O)N[C@@H](C)c1cccc(Cl)c1. The Labute approximate surface area is 130 Å². The lowest BCUT2D eigenvalue weighted by atomic mass is 10.1. The standard InChI is InChI=1S/C17H19ClN2O/c1-11-6-4-7-12(2)16(11)20-17(21)19-13(3)14-8-5-9-15(18)10-14/h4-10,13H,1-3H3,(H2,19,20,21)/t13-/m0/s1. The zero-order valence-electron chi connectivity index (χ0n) is 12.4. The fourth-order valence-electron chi connectivity index (χ4n) is 2.22. The van der Waals surface area contributed by atoms with Crippen molar-refractivity contribution in [2.75, 3.05) is 5.32 Å². The third kappa shape index (κ3) is 3.99. The average Bonchev–Trinajstić information content (AvgIpc) is 2.43. The van der Waals surface area contributed by atoms with Crippen LogP contribution in [0.2, 0.25) is 5.02 Å². The molecule has 2 aromatic carbocycles. The molecule has 0 radical (unpaired) electrons. The number of hydrogen-bond acceptors (Lipinski definition) is 1. The summed E-state index contributed by atoms with van der Waals surface area (Å²) in [5, 5.41) is 6.49. The monoisotopic (exact) mass is 302 g/mol. The Morgan fingerprint density at radius 2 is 1.71 bits per heavy atom. The Kier molecular flexibility index (Phi) is 4.86. The number of urea groups is 1. The molecule has 4 heteroatoms. The Balaban J connectivity index is 2.05. The van der Waals surface area contributed by atoms with Gasteiger partial charge in [0, 0.05) is 10.7 Å². The molecule has 1 atom stereocenters. The second kappa shape index (κ2) is 6.64. The maximum atomic E-state index is 12.1. The van der Waals surface area contributed by atoms with Crippen molar-refractivity contribution in [3.8, 4) is 0 Å². The summed E-state index contributed by atoms with van der Waals surface area (Å²) in [5.74, 6) is 0. The van der Waals surface area contributed by atoms with Crippen LogP contribution in [0.4, 0.5) is 10.5 Å². The van der Waals surface area contributed by atoms with E-state index in [2.05, 4.69) is 10.6 Å². The molecule has 2 N–H and O–H groups in total. The molecule has 110 valence electrons. The predicted octanol–water partition coefficient (Wildman–Crippen LogP) is 4.84. The first-order chi connectivity index (χ1) is 9.97. The fraction of sp³-hybridized carbons (Fsp3) is 0.235. The number of hydrogen-bond donors (Lipinski definition) is 2. The van der Waals surface area contributed by atoms with E-state index in [1.165, 1.54) is 0 Å². The summed E-state index contributed by atoms with van der Waals surface area (Å²) < 4.78 is 0. The predicted molar refractivity (Wildman–Crippen MR) is 87.9 cm³/mol. The summed E-state index contributed by atoms with van der Waals surface area (Å²) in [6.07, 6.45) is 0. The summed E-state index contributed by atoms with van der Waals surface area (Å²) in [6.45, 7) is 5.88. The lowest BCUT2D eigenvalue weighted by Gasteiger charge is -2.17. The highest BCUT2D eigenvalue weighted by atomic mass is 35.5. The van der Waals surface area contributed by atoms with Gasteiger partial charge in [0.05, 0.1) is 6.04 Å². The number of carbonyl (C=O) groups excluding carboxylic acids is 1. The first-order valence-electron chi connectivity index (χ1n) is 6.86. The van der Waals surface area contributed by atoms with Crippen molar-refractivity contribution in [3.63, 3.8) is 0 Å². The molecule has 0 fully saturated rings. The molecular formula is C17H19ClN2O. The third-order valence-electron chi connectivity index (χ3n) is 3.42. The van der Waals surface area contributed by atoms with Crippen LogP contribution < -0.4 is 10.6 Å². The number of amides is 2. The van der Waals surface area contributed by atoms with Crippen LogP contribution in [-0.4, -0.2) is 6.03 Å². The number of anilines is 1. The summed E-state index contributed by atoms with van der Waals surface area (Å²) in [7, 11) is 0. The van der Waals surface area contributed by atoms with Crippen LogP contribution in [0.5, 0.6) is 0 Å². The van der Waals surface area contributed by atoms with Gasteiger partial charge in [-0.2, -0.15) is 0 Å². The number of nitrogens with one attached hydrogen (secondary N) is 2. The average molecular weight is 303 g/mol. The molecule has 21 heavy (non-hydrogen) atoms. The Morgan fingerprint density at radius 3 is 2.33 bits per heavy atom. The molecule has 0 saturated carbocycles. The number of benzene rings is 2. The highest BCUT2D eigenvalue weighted by Gasteiger charge is 2.11. The van der Waals surface area contributed by atoms with Crippen LogP contribution >= 0.6 is 11.6 Å². The van der Waals surface area contributed by atoms with Gasteiger partial charge in [0.2, 0.25) is 0 Å². The van der Waals surface area contributed by atoms with Crippen LogP contribution in [0.1, 0.15) is 29.7 Å². The van der Waals surface area contributed by atoms with Crippen LogP contribution in [0.3, 0.4) is 0 Å². The molecule has 0 aliphatic rings. The zero-order chi connectivity index (χ0) is 15.4. The first-order valence-corrected chi connectivity index (χ1v) is 7.24. The maximum Gasteiger partial charge on any atom is 0.319 e. The molecular weight excluding hydrogens is 284 g/mol. The van der Waals surface area contributed by atoms with Crippen molar-refractivity contribution in [3.05, 3.63) is 64.2 Å². The molecule has 0 saturated heterocycles. The maximum absolute atomic E-state index is 12.1. The minimum Gasteiger partial charge on any atom is -0.331 e. The highest BCUT2D eigenvalue weighted by Crippen LogP contribution is 2.20. The van der Waals surface area contributed by atoms with Crippen molar-refractivity contribution in [2.45, 2.75) is 26.8 Å². The molecule has 0 aliphatic heterocycles. The Morgan fingerprint density at radius 1 is 1.10 bits per heavy atom. The van der Waals surface area contributed by atoms with E-state index < -0.39 is 0 Å². The van der Waals surface area contributed by atoms with E-state index in [9.17, 15) is 4.79 Å². The van der Waals surface area contributed by atoms with Crippen molar-refractivity contribution < 1.29 is 4.79 Å². The lowest BCUT2D eigenvalue weighted by molar-refractivity contribution is 0.249. The molecule has 0 aromatic heterocycles. The van der Waals surface area contributed by atoms with Gasteiger partial charge < -0.3 is 10.6 Å². The first kappa shape index (κ1) is 15.4. The number of halogens is 1. The normalized spacial score (nSPS) is 11.8. The quantitative estimate of drug-likeness (QED) is 0.837. The summed E-state index contributed by atoms with van der Waals surface area (Å²) in [5.41, 5.74) is 3.91. The number of para-hydroxylation sites is 1. The second-order valence-corrected chi connectivity index (χ2v) is 5.58. The van der Waals surface area contributed by atoms with E-state index in [1.54, 1.807) is 0 Å². The van der Waals surface area contributed by atoms with Gasteiger partial charge in [0.15, 0.2) is 0 Å². The molecule has 0 aliphatic carbocycles. The summed E-state index contributed by atoms with van der Waals surface area (Å²) >= 11 is 5.97. The fourth-order valence-corrected chi connectivity index (χ4v) is 2.42. The van der Waals surface area contributed by atoms with Gasteiger partial charge in [0.1, 0.15) is 0 Å². The van der Waals surface area contributed by atoms with Crippen LogP contribution in [0.25, 0.3) is 0 Å². The number of carbonyl (C=O) groups is 1. The van der Waals surface area contributed by atoms with E-state index in [-0.39, 0.29) is 12.1 Å². The van der Waals surface area contributed by atoms with Crippen molar-refractivity contribution in [2.24, 2.45) is 0 Å². The molecule has 0 unspecified atom stereocenters. The molecule has 0 heterocycles. The molecule has 2 amide bonds. The third-order valence-corrected chi connectivity index (χ3v) is 3.65. The molecule has 2 rings (SSSR count). The smallest absolute Gasteiger partial charge is 0.319 e. The minimum atomic E-state index is -0.222. The van der Waals surface area contributed by atoms with Crippen molar-refractivity contribution in [1.82, 2.24) is 5.32 Å². The second-order valence-electron chi connectivity index (χ2n) is 5.14. The van der Waals surface area contributed by atoms with Gasteiger partial charge in [-0.3, -0.25) is 0 Å². The number of rotatable bonds is 3. The largest absolute Gasteiger partial charge is 0.331 e. The van der Waals surface area contributed by atoms with Gasteiger partial charge in [0.25, 0.3) is 0 Å². The van der Waals surface area contributed by atoms with Crippen LogP contribution in [0, 0.1) is 13.8 Å². The summed E-state index contributed by atoms with van der Waals surface area (Å²) in [6, 6.07) is 13.1. The van der Waals surface area contributed by atoms with Gasteiger partial charge in [-0.05, 0) is 49.6 Å². The lowest BCUT2D eigenvalue weighted by Crippen LogP contribution is -2.31. The van der Waals surface area contributed by atoms with Crippen molar-refractivity contribution in [1.29, 1.82) is 0 Å².